The summed E-state index contributed by atoms with van der Waals surface area (Å²) >= 11 is 0. The molecule has 0 unspecified atom stereocenters. The van der Waals surface area contributed by atoms with Crippen molar-refractivity contribution in [2.45, 2.75) is 44.4 Å². The Morgan fingerprint density at radius 1 is 1.12 bits per heavy atom. The van der Waals surface area contributed by atoms with E-state index in [9.17, 15) is 5.11 Å². The molecular weight excluding hydrogens is 196 g/mol. The van der Waals surface area contributed by atoms with Gasteiger partial charge in [-0.15, -0.1) is 0 Å². The molecule has 0 amide bonds. The number of hydrogen-bond donors (Lipinski definition) is 1. The highest BCUT2D eigenvalue weighted by Crippen LogP contribution is 2.43. The van der Waals surface area contributed by atoms with Gasteiger partial charge in [0.05, 0.1) is 11.2 Å². The third-order valence-electron chi connectivity index (χ3n) is 3.80. The van der Waals surface area contributed by atoms with Gasteiger partial charge in [-0.25, -0.2) is 0 Å². The highest BCUT2D eigenvalue weighted by Gasteiger charge is 2.37. The highest BCUT2D eigenvalue weighted by atomic mass is 16.3. The number of benzene rings is 1. The van der Waals surface area contributed by atoms with Crippen molar-refractivity contribution < 1.29 is 5.11 Å². The third-order valence-corrected chi connectivity index (χ3v) is 3.80. The van der Waals surface area contributed by atoms with E-state index in [-0.39, 0.29) is 5.41 Å². The lowest BCUT2D eigenvalue weighted by molar-refractivity contribution is 0.231. The van der Waals surface area contributed by atoms with Gasteiger partial charge in [-0.3, -0.25) is 0 Å². The zero-order valence-corrected chi connectivity index (χ0v) is 9.95. The quantitative estimate of drug-likeness (QED) is 0.729. The molecule has 0 bridgehead atoms. The van der Waals surface area contributed by atoms with Crippen LogP contribution in [0.25, 0.3) is 0 Å². The maximum atomic E-state index is 10.2. The first-order valence-corrected chi connectivity index (χ1v) is 6.21. The second kappa shape index (κ2) is 4.73. The summed E-state index contributed by atoms with van der Waals surface area (Å²) in [6.45, 7) is 1.93. The van der Waals surface area contributed by atoms with E-state index in [1.54, 1.807) is 0 Å². The molecule has 1 aliphatic rings. The van der Waals surface area contributed by atoms with Gasteiger partial charge < -0.3 is 5.11 Å². The van der Waals surface area contributed by atoms with Crippen molar-refractivity contribution in [3.05, 3.63) is 47.7 Å². The van der Waals surface area contributed by atoms with Crippen molar-refractivity contribution in [1.29, 1.82) is 0 Å². The van der Waals surface area contributed by atoms with E-state index in [2.05, 4.69) is 24.3 Å². The van der Waals surface area contributed by atoms with Crippen LogP contribution in [-0.4, -0.2) is 5.11 Å². The zero-order chi connectivity index (χ0) is 11.4. The minimum atomic E-state index is -0.103. The van der Waals surface area contributed by atoms with Crippen molar-refractivity contribution in [2.24, 2.45) is 0 Å². The van der Waals surface area contributed by atoms with Gasteiger partial charge in [-0.1, -0.05) is 49.6 Å². The largest absolute Gasteiger partial charge is 0.512 e. The van der Waals surface area contributed by atoms with Gasteiger partial charge in [0.2, 0.25) is 0 Å². The Morgan fingerprint density at radius 2 is 1.75 bits per heavy atom. The van der Waals surface area contributed by atoms with E-state index in [4.69, 9.17) is 0 Å². The zero-order valence-electron chi connectivity index (χ0n) is 9.95. The number of hydrogen-bond acceptors (Lipinski definition) is 1. The van der Waals surface area contributed by atoms with E-state index >= 15 is 0 Å². The molecule has 1 aromatic carbocycles. The van der Waals surface area contributed by atoms with Crippen LogP contribution in [0.15, 0.2) is 42.2 Å². The fraction of sp³-hybridized carbons (Fsp3) is 0.467. The van der Waals surface area contributed by atoms with E-state index < -0.39 is 0 Å². The lowest BCUT2D eigenvalue weighted by Gasteiger charge is -2.37. The minimum absolute atomic E-state index is 0.103. The highest BCUT2D eigenvalue weighted by molar-refractivity contribution is 5.34. The van der Waals surface area contributed by atoms with Crippen molar-refractivity contribution in [1.82, 2.24) is 0 Å². The molecule has 1 heteroatoms. The van der Waals surface area contributed by atoms with Gasteiger partial charge in [0, 0.05) is 0 Å². The van der Waals surface area contributed by atoms with Crippen LogP contribution in [0.3, 0.4) is 0 Å². The molecule has 0 heterocycles. The van der Waals surface area contributed by atoms with Gasteiger partial charge in [0.15, 0.2) is 0 Å². The minimum Gasteiger partial charge on any atom is -0.512 e. The molecule has 0 aliphatic heterocycles. The van der Waals surface area contributed by atoms with E-state index in [1.165, 1.54) is 24.8 Å². The Morgan fingerprint density at radius 3 is 2.31 bits per heavy atom. The topological polar surface area (TPSA) is 20.2 Å². The number of allylic oxidation sites excluding steroid dienone is 2. The average molecular weight is 216 g/mol. The molecule has 1 aliphatic carbocycles. The smallest absolute Gasteiger partial charge is 0.0985 e. The first-order valence-electron chi connectivity index (χ1n) is 6.21. The van der Waals surface area contributed by atoms with Gasteiger partial charge in [0.25, 0.3) is 0 Å². The van der Waals surface area contributed by atoms with Crippen molar-refractivity contribution in [3.8, 4) is 0 Å². The number of aliphatic hydroxyl groups is 1. The molecule has 1 fully saturated rings. The molecule has 0 aromatic heterocycles. The average Bonchev–Trinajstić information content (AvgIpc) is 2.39. The first-order chi connectivity index (χ1) is 7.79. The molecule has 0 radical (unpaired) electrons. The normalized spacial score (nSPS) is 20.7. The lowest BCUT2D eigenvalue weighted by Crippen LogP contribution is -2.31. The third kappa shape index (κ3) is 1.87. The molecular formula is C15H20O. The summed E-state index contributed by atoms with van der Waals surface area (Å²) in [5.74, 6) is 0.554. The van der Waals surface area contributed by atoms with Gasteiger partial charge in [-0.2, -0.15) is 0 Å². The Kier molecular flexibility index (Phi) is 3.33. The summed E-state index contributed by atoms with van der Waals surface area (Å²) in [5, 5.41) is 10.2. The Balaban J connectivity index is 2.42. The molecule has 2 rings (SSSR count). The molecule has 0 atom stereocenters. The maximum Gasteiger partial charge on any atom is 0.0985 e. The Hall–Kier alpha value is -1.24. The van der Waals surface area contributed by atoms with Crippen LogP contribution in [0.4, 0.5) is 0 Å². The summed E-state index contributed by atoms with van der Waals surface area (Å²) in [5.41, 5.74) is 1.17. The fourth-order valence-electron chi connectivity index (χ4n) is 2.88. The van der Waals surface area contributed by atoms with Gasteiger partial charge in [0.1, 0.15) is 0 Å². The SMILES string of the molecule is C/C=C(\O)C1(c2ccccc2)CCCCC1. The predicted octanol–water partition coefficient (Wildman–Crippen LogP) is 4.35. The van der Waals surface area contributed by atoms with Crippen LogP contribution in [0.1, 0.15) is 44.6 Å². The van der Waals surface area contributed by atoms with Crippen molar-refractivity contribution in [2.75, 3.05) is 0 Å². The molecule has 0 saturated heterocycles. The van der Waals surface area contributed by atoms with E-state index in [1.807, 2.05) is 19.1 Å². The standard InChI is InChI=1S/C15H20O/c1-2-14(16)15(11-7-4-8-12-15)13-9-5-3-6-10-13/h2-3,5-6,9-10,16H,4,7-8,11-12H2,1H3/b14-2-. The molecule has 86 valence electrons. The van der Waals surface area contributed by atoms with Gasteiger partial charge in [-0.05, 0) is 31.4 Å². The van der Waals surface area contributed by atoms with Crippen molar-refractivity contribution >= 4 is 0 Å². The summed E-state index contributed by atoms with van der Waals surface area (Å²) in [7, 11) is 0. The van der Waals surface area contributed by atoms with E-state index in [0.29, 0.717) is 5.76 Å². The van der Waals surface area contributed by atoms with Crippen LogP contribution in [0.2, 0.25) is 0 Å². The van der Waals surface area contributed by atoms with Crippen LogP contribution in [0, 0.1) is 0 Å². The predicted molar refractivity (Wildman–Crippen MR) is 67.6 cm³/mol. The lowest BCUT2D eigenvalue weighted by atomic mass is 9.68. The Labute approximate surface area is 97.8 Å². The van der Waals surface area contributed by atoms with E-state index in [0.717, 1.165) is 12.8 Å². The monoisotopic (exact) mass is 216 g/mol. The first kappa shape index (κ1) is 11.3. The molecule has 1 saturated carbocycles. The summed E-state index contributed by atoms with van der Waals surface area (Å²) < 4.78 is 0. The molecule has 16 heavy (non-hydrogen) atoms. The number of aliphatic hydroxyl groups excluding tert-OH is 1. The summed E-state index contributed by atoms with van der Waals surface area (Å²) in [4.78, 5) is 0. The van der Waals surface area contributed by atoms with Crippen LogP contribution in [0.5, 0.6) is 0 Å². The van der Waals surface area contributed by atoms with Crippen LogP contribution >= 0.6 is 0 Å². The van der Waals surface area contributed by atoms with Crippen LogP contribution in [-0.2, 0) is 5.41 Å². The Bertz CT molecular complexity index is 358. The summed E-state index contributed by atoms with van der Waals surface area (Å²) in [6, 6.07) is 10.5. The second-order valence-electron chi connectivity index (χ2n) is 4.68. The molecule has 0 spiro atoms. The molecule has 1 aromatic rings. The second-order valence-corrected chi connectivity index (χ2v) is 4.68. The summed E-state index contributed by atoms with van der Waals surface area (Å²) in [6.07, 6.45) is 7.74. The maximum absolute atomic E-state index is 10.2. The van der Waals surface area contributed by atoms with Crippen molar-refractivity contribution in [3.63, 3.8) is 0 Å². The van der Waals surface area contributed by atoms with Gasteiger partial charge >= 0.3 is 0 Å². The fourth-order valence-corrected chi connectivity index (χ4v) is 2.88. The van der Waals surface area contributed by atoms with Crippen LogP contribution < -0.4 is 0 Å². The molecule has 1 N–H and O–H groups in total. The molecule has 1 nitrogen and oxygen atoms in total. The number of rotatable bonds is 2.